The van der Waals surface area contributed by atoms with E-state index in [9.17, 15) is 4.79 Å². The molecule has 1 unspecified atom stereocenters. The van der Waals surface area contributed by atoms with Crippen molar-refractivity contribution >= 4 is 17.6 Å². The van der Waals surface area contributed by atoms with Gasteiger partial charge in [0.1, 0.15) is 23.9 Å². The molecule has 1 atom stereocenters. The second-order valence-corrected chi connectivity index (χ2v) is 6.21. The van der Waals surface area contributed by atoms with Crippen LogP contribution in [0.15, 0.2) is 48.5 Å². The Morgan fingerprint density at radius 1 is 1.15 bits per heavy atom. The molecule has 0 radical (unpaired) electrons. The first-order chi connectivity index (χ1) is 13.1. The Hall–Kier alpha value is -3.22. The Labute approximate surface area is 158 Å². The fourth-order valence-corrected chi connectivity index (χ4v) is 2.68. The van der Waals surface area contributed by atoms with Gasteiger partial charge in [0, 0.05) is 11.3 Å². The van der Waals surface area contributed by atoms with Crippen LogP contribution in [0, 0.1) is 5.41 Å². The highest BCUT2D eigenvalue weighted by Crippen LogP contribution is 2.23. The van der Waals surface area contributed by atoms with Crippen LogP contribution in [0.3, 0.4) is 0 Å². The highest BCUT2D eigenvalue weighted by molar-refractivity contribution is 5.96. The Morgan fingerprint density at radius 3 is 2.37 bits per heavy atom. The molecule has 1 amide bonds. The van der Waals surface area contributed by atoms with Gasteiger partial charge in [0.2, 0.25) is 0 Å². The minimum Gasteiger partial charge on any atom is -0.494 e. The number of cyclic esters (lactones) is 1. The van der Waals surface area contributed by atoms with Gasteiger partial charge in [-0.25, -0.2) is 4.79 Å². The summed E-state index contributed by atoms with van der Waals surface area (Å²) < 4.78 is 16.6. The lowest BCUT2D eigenvalue weighted by Crippen LogP contribution is -2.26. The van der Waals surface area contributed by atoms with Gasteiger partial charge in [-0.1, -0.05) is 6.92 Å². The molecule has 3 rings (SSSR count). The molecule has 1 saturated heterocycles. The molecule has 27 heavy (non-hydrogen) atoms. The third kappa shape index (κ3) is 4.69. The van der Waals surface area contributed by atoms with Crippen LogP contribution in [-0.2, 0) is 4.74 Å². The average Bonchev–Trinajstić information content (AvgIpc) is 3.06. The topological polar surface area (TPSA) is 97.9 Å². The molecule has 1 fully saturated rings. The van der Waals surface area contributed by atoms with Crippen molar-refractivity contribution in [2.45, 2.75) is 19.4 Å². The van der Waals surface area contributed by atoms with Gasteiger partial charge in [-0.05, 0) is 55.0 Å². The van der Waals surface area contributed by atoms with E-state index in [4.69, 9.17) is 25.4 Å². The number of carbonyl (C=O) groups is 1. The highest BCUT2D eigenvalue weighted by atomic mass is 16.6. The van der Waals surface area contributed by atoms with Crippen LogP contribution in [0.4, 0.5) is 10.5 Å². The van der Waals surface area contributed by atoms with Gasteiger partial charge < -0.3 is 19.9 Å². The van der Waals surface area contributed by atoms with E-state index < -0.39 is 6.09 Å². The molecule has 1 aliphatic heterocycles. The summed E-state index contributed by atoms with van der Waals surface area (Å²) in [6.07, 6.45) is 0.183. The zero-order chi connectivity index (χ0) is 19.2. The number of nitrogens with one attached hydrogen (secondary N) is 1. The van der Waals surface area contributed by atoms with Crippen LogP contribution in [0.25, 0.3) is 0 Å². The molecule has 3 N–H and O–H groups in total. The fourth-order valence-electron chi connectivity index (χ4n) is 2.68. The van der Waals surface area contributed by atoms with Crippen molar-refractivity contribution in [1.82, 2.24) is 0 Å². The lowest BCUT2D eigenvalue weighted by Gasteiger charge is -2.14. The number of hydrogen-bond acceptors (Lipinski definition) is 5. The largest absolute Gasteiger partial charge is 0.494 e. The summed E-state index contributed by atoms with van der Waals surface area (Å²) in [5.74, 6) is 1.48. The van der Waals surface area contributed by atoms with E-state index in [-0.39, 0.29) is 18.5 Å². The van der Waals surface area contributed by atoms with Crippen molar-refractivity contribution in [3.63, 3.8) is 0 Å². The molecule has 0 aromatic heterocycles. The predicted octanol–water partition coefficient (Wildman–Crippen LogP) is 3.16. The molecule has 7 heteroatoms. The normalized spacial score (nSPS) is 16.1. The van der Waals surface area contributed by atoms with E-state index in [2.05, 4.69) is 6.92 Å². The van der Waals surface area contributed by atoms with Gasteiger partial charge in [-0.3, -0.25) is 10.3 Å². The number of hydrogen-bond donors (Lipinski definition) is 2. The second-order valence-electron chi connectivity index (χ2n) is 6.21. The van der Waals surface area contributed by atoms with Crippen molar-refractivity contribution in [2.75, 3.05) is 24.7 Å². The first-order valence-corrected chi connectivity index (χ1v) is 8.85. The lowest BCUT2D eigenvalue weighted by molar-refractivity contribution is 0.105. The Morgan fingerprint density at radius 2 is 1.78 bits per heavy atom. The molecule has 0 spiro atoms. The smallest absolute Gasteiger partial charge is 0.414 e. The van der Waals surface area contributed by atoms with Gasteiger partial charge in [0.05, 0.1) is 13.2 Å². The van der Waals surface area contributed by atoms with E-state index in [0.717, 1.165) is 12.2 Å². The van der Waals surface area contributed by atoms with Crippen molar-refractivity contribution < 1.29 is 19.0 Å². The summed E-state index contributed by atoms with van der Waals surface area (Å²) in [5, 5.41) is 7.42. The Balaban J connectivity index is 1.53. The number of amides is 1. The maximum absolute atomic E-state index is 12.1. The van der Waals surface area contributed by atoms with Crippen LogP contribution in [0.5, 0.6) is 11.5 Å². The SMILES string of the molecule is CCCOc1ccc(OCC2CN(c3ccc(C(=N)N)cc3)C(=O)O2)cc1. The minimum absolute atomic E-state index is 0.0112. The zero-order valence-electron chi connectivity index (χ0n) is 15.2. The average molecular weight is 369 g/mol. The van der Waals surface area contributed by atoms with E-state index in [1.165, 1.54) is 0 Å². The zero-order valence-corrected chi connectivity index (χ0v) is 15.2. The van der Waals surface area contributed by atoms with Crippen LogP contribution < -0.4 is 20.1 Å². The lowest BCUT2D eigenvalue weighted by atomic mass is 10.2. The van der Waals surface area contributed by atoms with Crippen LogP contribution in [0.1, 0.15) is 18.9 Å². The fraction of sp³-hybridized carbons (Fsp3) is 0.300. The van der Waals surface area contributed by atoms with Gasteiger partial charge in [0.25, 0.3) is 0 Å². The van der Waals surface area contributed by atoms with E-state index >= 15 is 0 Å². The summed E-state index contributed by atoms with van der Waals surface area (Å²) in [6.45, 7) is 3.40. The maximum atomic E-state index is 12.1. The highest BCUT2D eigenvalue weighted by Gasteiger charge is 2.32. The van der Waals surface area contributed by atoms with Crippen LogP contribution in [-0.4, -0.2) is 37.8 Å². The number of carbonyl (C=O) groups excluding carboxylic acids is 1. The summed E-state index contributed by atoms with van der Waals surface area (Å²) in [6, 6.07) is 14.3. The summed E-state index contributed by atoms with van der Waals surface area (Å²) >= 11 is 0. The monoisotopic (exact) mass is 369 g/mol. The number of nitrogen functional groups attached to an aromatic ring is 1. The maximum Gasteiger partial charge on any atom is 0.414 e. The number of anilines is 1. The number of nitrogens with zero attached hydrogens (tertiary/aromatic N) is 1. The number of nitrogens with two attached hydrogens (primary N) is 1. The number of rotatable bonds is 8. The number of amidine groups is 1. The molecule has 142 valence electrons. The van der Waals surface area contributed by atoms with E-state index in [0.29, 0.717) is 30.2 Å². The van der Waals surface area contributed by atoms with Gasteiger partial charge in [0.15, 0.2) is 6.10 Å². The molecule has 2 aromatic carbocycles. The molecular weight excluding hydrogens is 346 g/mol. The third-order valence-electron chi connectivity index (χ3n) is 4.10. The minimum atomic E-state index is -0.414. The van der Waals surface area contributed by atoms with Crippen molar-refractivity contribution in [1.29, 1.82) is 5.41 Å². The molecule has 2 aromatic rings. The molecule has 0 saturated carbocycles. The third-order valence-corrected chi connectivity index (χ3v) is 4.10. The summed E-state index contributed by atoms with van der Waals surface area (Å²) in [7, 11) is 0. The van der Waals surface area contributed by atoms with E-state index in [1.54, 1.807) is 29.2 Å². The van der Waals surface area contributed by atoms with Crippen LogP contribution >= 0.6 is 0 Å². The Kier molecular flexibility index (Phi) is 5.80. The number of ether oxygens (including phenoxy) is 3. The Bertz CT molecular complexity index is 790. The molecule has 0 bridgehead atoms. The second kappa shape index (κ2) is 8.44. The van der Waals surface area contributed by atoms with Gasteiger partial charge in [-0.2, -0.15) is 0 Å². The van der Waals surface area contributed by atoms with Gasteiger partial charge in [-0.15, -0.1) is 0 Å². The first kappa shape index (κ1) is 18.6. The van der Waals surface area contributed by atoms with Gasteiger partial charge >= 0.3 is 6.09 Å². The van der Waals surface area contributed by atoms with E-state index in [1.807, 2.05) is 24.3 Å². The quantitative estimate of drug-likeness (QED) is 0.550. The van der Waals surface area contributed by atoms with Crippen molar-refractivity contribution in [3.05, 3.63) is 54.1 Å². The van der Waals surface area contributed by atoms with Crippen molar-refractivity contribution in [2.24, 2.45) is 5.73 Å². The number of benzene rings is 2. The first-order valence-electron chi connectivity index (χ1n) is 8.85. The molecule has 1 heterocycles. The molecular formula is C20H23N3O4. The van der Waals surface area contributed by atoms with Crippen molar-refractivity contribution in [3.8, 4) is 11.5 Å². The molecule has 7 nitrogen and oxygen atoms in total. The predicted molar refractivity (Wildman–Crippen MR) is 103 cm³/mol. The van der Waals surface area contributed by atoms with Crippen LogP contribution in [0.2, 0.25) is 0 Å². The summed E-state index contributed by atoms with van der Waals surface area (Å²) in [4.78, 5) is 13.7. The standard InChI is InChI=1S/C20H23N3O4/c1-2-11-25-16-7-9-17(10-8-16)26-13-18-12-23(20(24)27-18)15-5-3-14(4-6-15)19(21)22/h3-10,18H,2,11-13H2,1H3,(H3,21,22). The molecule has 1 aliphatic rings. The summed E-state index contributed by atoms with van der Waals surface area (Å²) in [5.41, 5.74) is 6.76. The molecule has 0 aliphatic carbocycles.